The molecule has 0 amide bonds. The van der Waals surface area contributed by atoms with Crippen LogP contribution in [0, 0.1) is 11.3 Å². The SMILES string of the molecule is CCOC(=O)CCN(C)Cc1ccnc(C#N)c1. The van der Waals surface area contributed by atoms with E-state index in [1.807, 2.05) is 24.1 Å². The van der Waals surface area contributed by atoms with Crippen LogP contribution in [0.2, 0.25) is 0 Å². The van der Waals surface area contributed by atoms with Gasteiger partial charge >= 0.3 is 5.97 Å². The van der Waals surface area contributed by atoms with Crippen molar-refractivity contribution in [3.63, 3.8) is 0 Å². The van der Waals surface area contributed by atoms with Crippen LogP contribution >= 0.6 is 0 Å². The molecule has 0 aliphatic carbocycles. The molecule has 0 saturated heterocycles. The third-order valence-corrected chi connectivity index (χ3v) is 2.39. The summed E-state index contributed by atoms with van der Waals surface area (Å²) in [4.78, 5) is 17.1. The zero-order valence-electron chi connectivity index (χ0n) is 10.7. The Hall–Kier alpha value is -1.93. The van der Waals surface area contributed by atoms with E-state index in [4.69, 9.17) is 10.00 Å². The van der Waals surface area contributed by atoms with E-state index >= 15 is 0 Å². The highest BCUT2D eigenvalue weighted by molar-refractivity contribution is 5.69. The standard InChI is InChI=1S/C13H17N3O2/c1-3-18-13(17)5-7-16(2)10-11-4-6-15-12(8-11)9-14/h4,6,8H,3,5,7,10H2,1-2H3. The number of hydrogen-bond donors (Lipinski definition) is 0. The van der Waals surface area contributed by atoms with E-state index in [2.05, 4.69) is 4.98 Å². The smallest absolute Gasteiger partial charge is 0.307 e. The molecule has 0 aromatic carbocycles. The molecule has 18 heavy (non-hydrogen) atoms. The van der Waals surface area contributed by atoms with Crippen LogP contribution in [0.5, 0.6) is 0 Å². The normalized spacial score (nSPS) is 10.1. The fraction of sp³-hybridized carbons (Fsp3) is 0.462. The van der Waals surface area contributed by atoms with Gasteiger partial charge in [-0.2, -0.15) is 5.26 Å². The number of carbonyl (C=O) groups excluding carboxylic acids is 1. The maximum absolute atomic E-state index is 11.2. The Bertz CT molecular complexity index is 440. The summed E-state index contributed by atoms with van der Waals surface area (Å²) >= 11 is 0. The molecule has 1 heterocycles. The van der Waals surface area contributed by atoms with E-state index in [-0.39, 0.29) is 5.97 Å². The van der Waals surface area contributed by atoms with Gasteiger partial charge in [0.05, 0.1) is 13.0 Å². The number of carbonyl (C=O) groups is 1. The van der Waals surface area contributed by atoms with Crippen molar-refractivity contribution < 1.29 is 9.53 Å². The highest BCUT2D eigenvalue weighted by Crippen LogP contribution is 2.05. The third-order valence-electron chi connectivity index (χ3n) is 2.39. The molecule has 0 atom stereocenters. The van der Waals surface area contributed by atoms with Crippen LogP contribution in [0.3, 0.4) is 0 Å². The molecule has 0 aliphatic rings. The summed E-state index contributed by atoms with van der Waals surface area (Å²) in [7, 11) is 1.92. The first-order valence-electron chi connectivity index (χ1n) is 5.85. The molecule has 5 nitrogen and oxygen atoms in total. The van der Waals surface area contributed by atoms with Crippen molar-refractivity contribution in [2.24, 2.45) is 0 Å². The molecule has 0 saturated carbocycles. The first-order chi connectivity index (χ1) is 8.65. The van der Waals surface area contributed by atoms with Crippen molar-refractivity contribution in [3.8, 4) is 6.07 Å². The van der Waals surface area contributed by atoms with E-state index in [9.17, 15) is 4.79 Å². The number of pyridine rings is 1. The Labute approximate surface area is 107 Å². The van der Waals surface area contributed by atoms with E-state index in [1.165, 1.54) is 0 Å². The molecular formula is C13H17N3O2. The van der Waals surface area contributed by atoms with Gasteiger partial charge in [0.25, 0.3) is 0 Å². The van der Waals surface area contributed by atoms with E-state index in [0.717, 1.165) is 5.56 Å². The largest absolute Gasteiger partial charge is 0.466 e. The molecular weight excluding hydrogens is 230 g/mol. The number of rotatable bonds is 6. The predicted molar refractivity (Wildman–Crippen MR) is 66.5 cm³/mol. The van der Waals surface area contributed by atoms with Crippen LogP contribution < -0.4 is 0 Å². The summed E-state index contributed by atoms with van der Waals surface area (Å²) in [6.07, 6.45) is 1.99. The van der Waals surface area contributed by atoms with Crippen LogP contribution in [0.25, 0.3) is 0 Å². The summed E-state index contributed by atoms with van der Waals surface area (Å²) in [6, 6.07) is 5.62. The number of aromatic nitrogens is 1. The fourth-order valence-corrected chi connectivity index (χ4v) is 1.54. The lowest BCUT2D eigenvalue weighted by atomic mass is 10.2. The molecule has 0 unspecified atom stereocenters. The summed E-state index contributed by atoms with van der Waals surface area (Å²) in [5, 5.41) is 8.74. The predicted octanol–water partition coefficient (Wildman–Crippen LogP) is 1.34. The molecule has 0 aliphatic heterocycles. The molecule has 0 N–H and O–H groups in total. The second-order valence-corrected chi connectivity index (χ2v) is 3.95. The zero-order valence-corrected chi connectivity index (χ0v) is 10.7. The first kappa shape index (κ1) is 14.1. The highest BCUT2D eigenvalue weighted by Gasteiger charge is 2.06. The van der Waals surface area contributed by atoms with Gasteiger partial charge in [-0.25, -0.2) is 4.98 Å². The average Bonchev–Trinajstić information content (AvgIpc) is 2.37. The first-order valence-corrected chi connectivity index (χ1v) is 5.85. The Kier molecular flexibility index (Phi) is 5.81. The molecule has 96 valence electrons. The maximum atomic E-state index is 11.2. The van der Waals surface area contributed by atoms with Gasteiger partial charge in [0, 0.05) is 19.3 Å². The third kappa shape index (κ3) is 4.93. The zero-order chi connectivity index (χ0) is 13.4. The minimum absolute atomic E-state index is 0.184. The fourth-order valence-electron chi connectivity index (χ4n) is 1.54. The second kappa shape index (κ2) is 7.41. The van der Waals surface area contributed by atoms with Crippen molar-refractivity contribution in [1.82, 2.24) is 9.88 Å². The van der Waals surface area contributed by atoms with Gasteiger partial charge in [0.1, 0.15) is 11.8 Å². The summed E-state index contributed by atoms with van der Waals surface area (Å²) in [6.45, 7) is 3.51. The Morgan fingerprint density at radius 2 is 2.39 bits per heavy atom. The molecule has 0 bridgehead atoms. The van der Waals surface area contributed by atoms with Crippen LogP contribution in [0.1, 0.15) is 24.6 Å². The Balaban J connectivity index is 2.42. The minimum Gasteiger partial charge on any atom is -0.466 e. The molecule has 0 spiro atoms. The van der Waals surface area contributed by atoms with Gasteiger partial charge in [-0.1, -0.05) is 0 Å². The van der Waals surface area contributed by atoms with Crippen LogP contribution in [0.15, 0.2) is 18.3 Å². The van der Waals surface area contributed by atoms with Crippen molar-refractivity contribution in [2.75, 3.05) is 20.2 Å². The molecule has 1 rings (SSSR count). The lowest BCUT2D eigenvalue weighted by molar-refractivity contribution is -0.143. The van der Waals surface area contributed by atoms with Gasteiger partial charge in [-0.05, 0) is 31.7 Å². The topological polar surface area (TPSA) is 66.2 Å². The molecule has 1 aromatic rings. The van der Waals surface area contributed by atoms with Gasteiger partial charge in [0.15, 0.2) is 0 Å². The number of nitriles is 1. The Morgan fingerprint density at radius 1 is 1.61 bits per heavy atom. The van der Waals surface area contributed by atoms with Crippen molar-refractivity contribution in [3.05, 3.63) is 29.6 Å². The molecule has 1 aromatic heterocycles. The maximum Gasteiger partial charge on any atom is 0.307 e. The quantitative estimate of drug-likeness (QED) is 0.710. The lowest BCUT2D eigenvalue weighted by Gasteiger charge is -2.15. The summed E-state index contributed by atoms with van der Waals surface area (Å²) in [5.74, 6) is -0.184. The minimum atomic E-state index is -0.184. The average molecular weight is 247 g/mol. The molecule has 0 fully saturated rings. The Morgan fingerprint density at radius 3 is 3.06 bits per heavy atom. The van der Waals surface area contributed by atoms with Gasteiger partial charge in [0.2, 0.25) is 0 Å². The summed E-state index contributed by atoms with van der Waals surface area (Å²) in [5.41, 5.74) is 1.42. The lowest BCUT2D eigenvalue weighted by Crippen LogP contribution is -2.22. The van der Waals surface area contributed by atoms with E-state index in [0.29, 0.717) is 31.8 Å². The summed E-state index contributed by atoms with van der Waals surface area (Å²) < 4.78 is 4.86. The van der Waals surface area contributed by atoms with Crippen molar-refractivity contribution >= 4 is 5.97 Å². The number of hydrogen-bond acceptors (Lipinski definition) is 5. The second-order valence-electron chi connectivity index (χ2n) is 3.95. The van der Waals surface area contributed by atoms with E-state index in [1.54, 1.807) is 19.2 Å². The van der Waals surface area contributed by atoms with Crippen molar-refractivity contribution in [2.45, 2.75) is 19.9 Å². The highest BCUT2D eigenvalue weighted by atomic mass is 16.5. The molecule has 5 heteroatoms. The van der Waals surface area contributed by atoms with Crippen LogP contribution in [0.4, 0.5) is 0 Å². The molecule has 0 radical (unpaired) electrons. The van der Waals surface area contributed by atoms with Gasteiger partial charge in [-0.15, -0.1) is 0 Å². The number of esters is 1. The van der Waals surface area contributed by atoms with Gasteiger partial charge in [-0.3, -0.25) is 4.79 Å². The van der Waals surface area contributed by atoms with E-state index < -0.39 is 0 Å². The van der Waals surface area contributed by atoms with Crippen molar-refractivity contribution in [1.29, 1.82) is 5.26 Å². The monoisotopic (exact) mass is 247 g/mol. The van der Waals surface area contributed by atoms with Crippen LogP contribution in [-0.2, 0) is 16.1 Å². The van der Waals surface area contributed by atoms with Crippen LogP contribution in [-0.4, -0.2) is 36.1 Å². The number of ether oxygens (including phenoxy) is 1. The van der Waals surface area contributed by atoms with Gasteiger partial charge < -0.3 is 9.64 Å². The number of nitrogens with zero attached hydrogens (tertiary/aromatic N) is 3.